The highest BCUT2D eigenvalue weighted by Gasteiger charge is 2.15. The molecule has 2 aromatic carbocycles. The van der Waals surface area contributed by atoms with Crippen molar-refractivity contribution < 1.29 is 8.78 Å². The molecule has 0 saturated carbocycles. The molecular weight excluding hydrogens is 380 g/mol. The third-order valence-electron chi connectivity index (χ3n) is 2.83. The van der Waals surface area contributed by atoms with E-state index in [0.29, 0.717) is 22.0 Å². The Morgan fingerprint density at radius 1 is 1.05 bits per heavy atom. The largest absolute Gasteiger partial charge is 0.324 e. The Bertz CT molecular complexity index is 602. The van der Waals surface area contributed by atoms with Crippen LogP contribution in [0.4, 0.5) is 8.78 Å². The molecule has 0 aliphatic carbocycles. The van der Waals surface area contributed by atoms with E-state index in [-0.39, 0.29) is 11.6 Å². The summed E-state index contributed by atoms with van der Waals surface area (Å²) in [5.41, 5.74) is 7.13. The zero-order valence-corrected chi connectivity index (χ0v) is 13.0. The fraction of sp³-hybridized carbons (Fsp3) is 0.143. The smallest absolute Gasteiger partial charge is 0.137 e. The molecule has 2 aromatic rings. The van der Waals surface area contributed by atoms with Crippen LogP contribution in [-0.2, 0) is 6.42 Å². The minimum atomic E-state index is -0.532. The molecule has 0 saturated heterocycles. The number of benzene rings is 2. The third-order valence-corrected chi connectivity index (χ3v) is 4.21. The molecule has 1 atom stereocenters. The van der Waals surface area contributed by atoms with Gasteiger partial charge in [-0.25, -0.2) is 8.78 Å². The number of hydrogen-bond acceptors (Lipinski definition) is 1. The molecule has 2 rings (SSSR count). The maximum Gasteiger partial charge on any atom is 0.137 e. The summed E-state index contributed by atoms with van der Waals surface area (Å²) >= 11 is 6.47. The van der Waals surface area contributed by atoms with Gasteiger partial charge in [0.2, 0.25) is 0 Å². The Morgan fingerprint density at radius 3 is 2.53 bits per heavy atom. The summed E-state index contributed by atoms with van der Waals surface area (Å²) < 4.78 is 28.3. The minimum Gasteiger partial charge on any atom is -0.324 e. The van der Waals surface area contributed by atoms with E-state index in [2.05, 4.69) is 31.9 Å². The van der Waals surface area contributed by atoms with Crippen molar-refractivity contribution in [3.05, 3.63) is 68.1 Å². The van der Waals surface area contributed by atoms with Gasteiger partial charge in [-0.2, -0.15) is 0 Å². The third kappa shape index (κ3) is 3.41. The molecule has 19 heavy (non-hydrogen) atoms. The van der Waals surface area contributed by atoms with E-state index in [1.807, 2.05) is 0 Å². The molecule has 5 heteroatoms. The second-order valence-corrected chi connectivity index (χ2v) is 5.90. The molecule has 1 nitrogen and oxygen atoms in total. The topological polar surface area (TPSA) is 26.0 Å². The van der Waals surface area contributed by atoms with E-state index in [0.717, 1.165) is 4.47 Å². The van der Waals surface area contributed by atoms with Crippen molar-refractivity contribution in [2.75, 3.05) is 0 Å². The van der Waals surface area contributed by atoms with Crippen LogP contribution in [0.25, 0.3) is 0 Å². The van der Waals surface area contributed by atoms with Crippen molar-refractivity contribution in [1.82, 2.24) is 0 Å². The highest BCUT2D eigenvalue weighted by atomic mass is 79.9. The lowest BCUT2D eigenvalue weighted by Crippen LogP contribution is -2.15. The first kappa shape index (κ1) is 14.6. The first-order valence-electron chi connectivity index (χ1n) is 5.62. The van der Waals surface area contributed by atoms with Gasteiger partial charge >= 0.3 is 0 Å². The standard InChI is InChI=1S/C14H11Br2F2N/c15-9-4-5-11(17)10(7-9)13(19)6-8-2-1-3-12(18)14(8)16/h1-5,7,13H,6,19H2. The lowest BCUT2D eigenvalue weighted by Gasteiger charge is -2.14. The van der Waals surface area contributed by atoms with Gasteiger partial charge < -0.3 is 5.73 Å². The Hall–Kier alpha value is -0.780. The van der Waals surface area contributed by atoms with Crippen LogP contribution in [0.1, 0.15) is 17.2 Å². The van der Waals surface area contributed by atoms with Crippen molar-refractivity contribution in [1.29, 1.82) is 0 Å². The number of nitrogens with two attached hydrogens (primary N) is 1. The number of rotatable bonds is 3. The first-order valence-corrected chi connectivity index (χ1v) is 7.21. The van der Waals surface area contributed by atoms with Crippen molar-refractivity contribution in [3.8, 4) is 0 Å². The molecule has 0 radical (unpaired) electrons. The number of hydrogen-bond donors (Lipinski definition) is 1. The summed E-state index contributed by atoms with van der Waals surface area (Å²) in [6.45, 7) is 0. The van der Waals surface area contributed by atoms with Gasteiger partial charge in [-0.15, -0.1) is 0 Å². The molecule has 0 aromatic heterocycles. The lowest BCUT2D eigenvalue weighted by atomic mass is 9.99. The average Bonchev–Trinajstić information content (AvgIpc) is 2.38. The van der Waals surface area contributed by atoms with Crippen molar-refractivity contribution in [3.63, 3.8) is 0 Å². The normalized spacial score (nSPS) is 12.5. The van der Waals surface area contributed by atoms with E-state index < -0.39 is 6.04 Å². The molecular formula is C14H11Br2F2N. The zero-order valence-electron chi connectivity index (χ0n) is 9.84. The Labute approximate surface area is 127 Å². The highest BCUT2D eigenvalue weighted by Crippen LogP contribution is 2.27. The van der Waals surface area contributed by atoms with Crippen LogP contribution in [0.15, 0.2) is 45.3 Å². The van der Waals surface area contributed by atoms with Gasteiger partial charge in [0.25, 0.3) is 0 Å². The maximum atomic E-state index is 13.7. The van der Waals surface area contributed by atoms with Gasteiger partial charge in [0, 0.05) is 16.1 Å². The monoisotopic (exact) mass is 389 g/mol. The van der Waals surface area contributed by atoms with Crippen LogP contribution in [0.2, 0.25) is 0 Å². The van der Waals surface area contributed by atoms with E-state index in [1.165, 1.54) is 12.1 Å². The summed E-state index contributed by atoms with van der Waals surface area (Å²) in [7, 11) is 0. The van der Waals surface area contributed by atoms with Crippen LogP contribution >= 0.6 is 31.9 Å². The summed E-state index contributed by atoms with van der Waals surface area (Å²) in [6.07, 6.45) is 0.353. The molecule has 2 N–H and O–H groups in total. The molecule has 0 amide bonds. The Balaban J connectivity index is 2.28. The molecule has 0 fully saturated rings. The Morgan fingerprint density at radius 2 is 1.79 bits per heavy atom. The average molecular weight is 391 g/mol. The molecule has 0 aliphatic rings. The van der Waals surface area contributed by atoms with Crippen LogP contribution in [0.5, 0.6) is 0 Å². The molecule has 0 spiro atoms. The van der Waals surface area contributed by atoms with E-state index >= 15 is 0 Å². The minimum absolute atomic E-state index is 0.348. The van der Waals surface area contributed by atoms with Crippen LogP contribution < -0.4 is 5.73 Å². The second kappa shape index (κ2) is 6.11. The predicted octanol–water partition coefficient (Wildman–Crippen LogP) is 4.73. The number of halogens is 4. The zero-order chi connectivity index (χ0) is 14.0. The van der Waals surface area contributed by atoms with E-state index in [9.17, 15) is 8.78 Å². The van der Waals surface area contributed by atoms with Gasteiger partial charge in [-0.3, -0.25) is 0 Å². The van der Waals surface area contributed by atoms with Gasteiger partial charge in [0.1, 0.15) is 11.6 Å². The van der Waals surface area contributed by atoms with Crippen molar-refractivity contribution in [2.45, 2.75) is 12.5 Å². The molecule has 100 valence electrons. The summed E-state index contributed by atoms with van der Waals surface area (Å²) in [6, 6.07) is 8.83. The van der Waals surface area contributed by atoms with E-state index in [4.69, 9.17) is 5.73 Å². The molecule has 0 heterocycles. The van der Waals surface area contributed by atoms with Crippen LogP contribution in [-0.4, -0.2) is 0 Å². The molecule has 0 bridgehead atoms. The second-order valence-electron chi connectivity index (χ2n) is 4.19. The van der Waals surface area contributed by atoms with Gasteiger partial charge in [-0.05, 0) is 52.2 Å². The van der Waals surface area contributed by atoms with Crippen molar-refractivity contribution in [2.24, 2.45) is 5.73 Å². The fourth-order valence-corrected chi connectivity index (χ4v) is 2.66. The molecule has 0 aliphatic heterocycles. The first-order chi connectivity index (χ1) is 8.99. The SMILES string of the molecule is NC(Cc1cccc(F)c1Br)c1cc(Br)ccc1F. The maximum absolute atomic E-state index is 13.7. The quantitative estimate of drug-likeness (QED) is 0.805. The predicted molar refractivity (Wildman–Crippen MR) is 78.8 cm³/mol. The molecule has 1 unspecified atom stereocenters. The summed E-state index contributed by atoms with van der Waals surface area (Å²) in [5.74, 6) is -0.706. The van der Waals surface area contributed by atoms with Crippen LogP contribution in [0.3, 0.4) is 0 Å². The van der Waals surface area contributed by atoms with Gasteiger partial charge in [0.15, 0.2) is 0 Å². The Kier molecular flexibility index (Phi) is 4.71. The lowest BCUT2D eigenvalue weighted by molar-refractivity contribution is 0.576. The van der Waals surface area contributed by atoms with E-state index in [1.54, 1.807) is 24.3 Å². The summed E-state index contributed by atoms with van der Waals surface area (Å²) in [4.78, 5) is 0. The van der Waals surface area contributed by atoms with Gasteiger partial charge in [-0.1, -0.05) is 28.1 Å². The highest BCUT2D eigenvalue weighted by molar-refractivity contribution is 9.10. The van der Waals surface area contributed by atoms with Gasteiger partial charge in [0.05, 0.1) is 4.47 Å². The van der Waals surface area contributed by atoms with Crippen LogP contribution in [0, 0.1) is 11.6 Å². The van der Waals surface area contributed by atoms with Crippen molar-refractivity contribution >= 4 is 31.9 Å². The summed E-state index contributed by atoms with van der Waals surface area (Å²) in [5, 5.41) is 0. The fourth-order valence-electron chi connectivity index (χ4n) is 1.85.